The molecule has 3 N–H and O–H groups in total. The first-order chi connectivity index (χ1) is 11.8. The number of hydrogen-bond acceptors (Lipinski definition) is 4. The van der Waals surface area contributed by atoms with Crippen molar-refractivity contribution in [3.8, 4) is 0 Å². The van der Waals surface area contributed by atoms with Gasteiger partial charge in [-0.1, -0.05) is 56.6 Å². The average molecular weight is 357 g/mol. The molecule has 1 atom stereocenters. The van der Waals surface area contributed by atoms with Crippen LogP contribution in [0, 0.1) is 0 Å². The van der Waals surface area contributed by atoms with Crippen LogP contribution in [-0.2, 0) is 5.41 Å². The summed E-state index contributed by atoms with van der Waals surface area (Å²) in [4.78, 5) is 1.42. The molecule has 0 saturated heterocycles. The van der Waals surface area contributed by atoms with Crippen LogP contribution in [0.2, 0.25) is 5.02 Å². The molecule has 2 aromatic rings. The summed E-state index contributed by atoms with van der Waals surface area (Å²) < 4.78 is 0. The van der Waals surface area contributed by atoms with Gasteiger partial charge in [-0.05, 0) is 47.0 Å². The maximum absolute atomic E-state index is 9.74. The molecule has 1 unspecified atom stereocenters. The number of anilines is 1. The van der Waals surface area contributed by atoms with Gasteiger partial charge in [-0.2, -0.15) is 0 Å². The van der Waals surface area contributed by atoms with Crippen molar-refractivity contribution in [3.05, 3.63) is 70.4 Å². The summed E-state index contributed by atoms with van der Waals surface area (Å²) in [5, 5.41) is 23.4. The van der Waals surface area contributed by atoms with E-state index in [1.807, 2.05) is 30.3 Å². The summed E-state index contributed by atoms with van der Waals surface area (Å²) in [6.45, 7) is 6.50. The van der Waals surface area contributed by atoms with E-state index in [9.17, 15) is 10.0 Å². The van der Waals surface area contributed by atoms with E-state index in [4.69, 9.17) is 11.6 Å². The number of halogens is 1. The molecular weight excluding hydrogens is 334 g/mol. The highest BCUT2D eigenvalue weighted by atomic mass is 35.5. The molecule has 0 fully saturated rings. The van der Waals surface area contributed by atoms with Crippen LogP contribution in [0.1, 0.15) is 43.6 Å². The third kappa shape index (κ3) is 3.69. The number of rotatable bonds is 3. The van der Waals surface area contributed by atoms with Crippen molar-refractivity contribution >= 4 is 30.6 Å². The van der Waals surface area contributed by atoms with Gasteiger partial charge in [0.25, 0.3) is 0 Å². The molecule has 1 heterocycles. The lowest BCUT2D eigenvalue weighted by Crippen LogP contribution is -2.43. The second-order valence-corrected chi connectivity index (χ2v) is 7.63. The van der Waals surface area contributed by atoms with Crippen molar-refractivity contribution in [2.45, 2.75) is 32.4 Å². The van der Waals surface area contributed by atoms with Crippen LogP contribution in [0.4, 0.5) is 5.69 Å². The number of fused-ring (bicyclic) bond motifs is 1. The highest BCUT2D eigenvalue weighted by molar-refractivity contribution is 6.38. The monoisotopic (exact) mass is 356 g/mol. The van der Waals surface area contributed by atoms with E-state index in [1.54, 1.807) is 12.3 Å². The molecule has 25 heavy (non-hydrogen) atoms. The minimum Gasteiger partial charge on any atom is -0.408 e. The second kappa shape index (κ2) is 6.75. The lowest BCUT2D eigenvalue weighted by Gasteiger charge is -2.36. The van der Waals surface area contributed by atoms with Gasteiger partial charge in [0.2, 0.25) is 0 Å². The zero-order valence-corrected chi connectivity index (χ0v) is 15.3. The number of benzene rings is 2. The van der Waals surface area contributed by atoms with Crippen LogP contribution in [0.25, 0.3) is 6.08 Å². The Kier molecular flexibility index (Phi) is 4.82. The Morgan fingerprint density at radius 3 is 2.36 bits per heavy atom. The zero-order valence-electron chi connectivity index (χ0n) is 14.6. The van der Waals surface area contributed by atoms with E-state index >= 15 is 0 Å². The van der Waals surface area contributed by atoms with Crippen LogP contribution in [-0.4, -0.2) is 22.1 Å². The quantitative estimate of drug-likeness (QED) is 0.728. The van der Waals surface area contributed by atoms with Gasteiger partial charge in [-0.15, -0.1) is 0 Å². The van der Waals surface area contributed by atoms with E-state index in [0.717, 1.165) is 16.8 Å². The largest absolute Gasteiger partial charge is 0.589 e. The molecule has 3 rings (SSSR count). The second-order valence-electron chi connectivity index (χ2n) is 7.23. The van der Waals surface area contributed by atoms with E-state index in [0.29, 0.717) is 5.02 Å². The fourth-order valence-electron chi connectivity index (χ4n) is 2.97. The molecule has 2 aromatic carbocycles. The van der Waals surface area contributed by atoms with Gasteiger partial charge < -0.3 is 20.2 Å². The number of hydrogen-bond donors (Lipinski definition) is 3. The van der Waals surface area contributed by atoms with Gasteiger partial charge in [0.15, 0.2) is 0 Å². The number of nitrogens with one attached hydrogen (secondary N) is 1. The first kappa shape index (κ1) is 17.9. The van der Waals surface area contributed by atoms with Crippen LogP contribution in [0.5, 0.6) is 0 Å². The van der Waals surface area contributed by atoms with Crippen LogP contribution >= 0.6 is 11.6 Å². The molecule has 130 valence electrons. The van der Waals surface area contributed by atoms with Gasteiger partial charge >= 0.3 is 7.25 Å². The fourth-order valence-corrected chi connectivity index (χ4v) is 3.26. The number of nitrogens with zero attached hydrogens (tertiary/aromatic N) is 1. The topological polar surface area (TPSA) is 55.7 Å². The molecule has 0 aliphatic carbocycles. The van der Waals surface area contributed by atoms with E-state index < -0.39 is 13.4 Å². The lowest BCUT2D eigenvalue weighted by molar-refractivity contribution is 0.285. The summed E-state index contributed by atoms with van der Waals surface area (Å²) in [7, 11) is -1.63. The molecule has 4 nitrogen and oxygen atoms in total. The Balaban J connectivity index is 1.95. The van der Waals surface area contributed by atoms with Gasteiger partial charge in [-0.3, -0.25) is 0 Å². The normalized spacial score (nSPS) is 16.6. The van der Waals surface area contributed by atoms with Crippen LogP contribution in [0.3, 0.4) is 0 Å². The minimum absolute atomic E-state index is 0.0787. The van der Waals surface area contributed by atoms with Crippen molar-refractivity contribution in [3.63, 3.8) is 0 Å². The van der Waals surface area contributed by atoms with E-state index in [1.165, 1.54) is 10.4 Å². The van der Waals surface area contributed by atoms with Crippen molar-refractivity contribution < 1.29 is 10.0 Å². The minimum atomic E-state index is -1.63. The molecule has 0 bridgehead atoms. The Morgan fingerprint density at radius 2 is 1.76 bits per heavy atom. The lowest BCUT2D eigenvalue weighted by atomic mass is 9.87. The summed E-state index contributed by atoms with van der Waals surface area (Å²) in [5.41, 5.74) is 3.96. The first-order valence-electron chi connectivity index (χ1n) is 8.24. The zero-order chi connectivity index (χ0) is 18.2. The maximum Gasteiger partial charge on any atom is 0.589 e. The fraction of sp³-hybridized carbons (Fsp3) is 0.263. The Hall–Kier alpha value is -1.95. The van der Waals surface area contributed by atoms with Gasteiger partial charge in [0, 0.05) is 16.3 Å². The summed E-state index contributed by atoms with van der Waals surface area (Å²) in [6.07, 6.45) is 3.00. The first-order valence-corrected chi connectivity index (χ1v) is 8.62. The van der Waals surface area contributed by atoms with E-state index in [2.05, 4.69) is 38.2 Å². The third-order valence-corrected chi connectivity index (χ3v) is 4.74. The van der Waals surface area contributed by atoms with Gasteiger partial charge in [0.05, 0.1) is 0 Å². The highest BCUT2D eigenvalue weighted by Crippen LogP contribution is 2.36. The van der Waals surface area contributed by atoms with Crippen LogP contribution < -0.4 is 5.32 Å². The predicted octanol–water partition coefficient (Wildman–Crippen LogP) is 4.00. The molecule has 1 aliphatic heterocycles. The van der Waals surface area contributed by atoms with Crippen molar-refractivity contribution in [2.24, 2.45) is 0 Å². The standard InChI is InChI=1S/C19H22BClN2O2/c1-19(2,3)14-7-9-15(10-8-14)22-18-17-13(5-4-6-16(17)21)11-12-23(18)20(24)25/h4-12,18,22,24-25H,1-3H3. The van der Waals surface area contributed by atoms with Gasteiger partial charge in [-0.25, -0.2) is 0 Å². The average Bonchev–Trinajstić information content (AvgIpc) is 2.54. The predicted molar refractivity (Wildman–Crippen MR) is 104 cm³/mol. The van der Waals surface area contributed by atoms with Crippen molar-refractivity contribution in [1.82, 2.24) is 4.81 Å². The molecule has 0 saturated carbocycles. The molecule has 0 spiro atoms. The Labute approximate surface area is 153 Å². The Morgan fingerprint density at radius 1 is 1.08 bits per heavy atom. The molecule has 0 amide bonds. The van der Waals surface area contributed by atoms with E-state index in [-0.39, 0.29) is 5.41 Å². The summed E-state index contributed by atoms with van der Waals surface area (Å²) in [6, 6.07) is 13.8. The van der Waals surface area contributed by atoms with Crippen LogP contribution in [0.15, 0.2) is 48.7 Å². The van der Waals surface area contributed by atoms with Gasteiger partial charge in [0.1, 0.15) is 6.17 Å². The molecule has 6 heteroatoms. The summed E-state index contributed by atoms with van der Waals surface area (Å²) >= 11 is 6.39. The van der Waals surface area contributed by atoms with Crippen molar-refractivity contribution in [2.75, 3.05) is 5.32 Å². The summed E-state index contributed by atoms with van der Waals surface area (Å²) in [5.74, 6) is 0. The Bertz CT molecular complexity index is 785. The maximum atomic E-state index is 9.74. The smallest absolute Gasteiger partial charge is 0.408 e. The van der Waals surface area contributed by atoms with Crippen molar-refractivity contribution in [1.29, 1.82) is 0 Å². The third-order valence-electron chi connectivity index (χ3n) is 4.41. The SMILES string of the molecule is CC(C)(C)c1ccc(NC2c3c(Cl)cccc3C=CN2B(O)O)cc1. The highest BCUT2D eigenvalue weighted by Gasteiger charge is 2.32. The molecular formula is C19H22BClN2O2. The molecule has 0 aromatic heterocycles. The molecule has 1 aliphatic rings. The molecule has 0 radical (unpaired) electrons.